The van der Waals surface area contributed by atoms with E-state index in [-0.39, 0.29) is 11.9 Å². The highest BCUT2D eigenvalue weighted by atomic mass is 16.5. The van der Waals surface area contributed by atoms with Gasteiger partial charge in [-0.3, -0.25) is 9.89 Å². The minimum Gasteiger partial charge on any atom is -0.497 e. The summed E-state index contributed by atoms with van der Waals surface area (Å²) in [7, 11) is 1.61. The second kappa shape index (κ2) is 7.16. The number of ether oxygens (including phenoxy) is 1. The van der Waals surface area contributed by atoms with E-state index in [1.54, 1.807) is 20.1 Å². The zero-order valence-electron chi connectivity index (χ0n) is 14.2. The van der Waals surface area contributed by atoms with Crippen LogP contribution in [0.4, 0.5) is 0 Å². The van der Waals surface area contributed by atoms with Crippen molar-refractivity contribution in [3.63, 3.8) is 0 Å². The number of rotatable bonds is 6. The van der Waals surface area contributed by atoms with Crippen molar-refractivity contribution in [2.75, 3.05) is 7.11 Å². The molecule has 0 fully saturated rings. The second-order valence-corrected chi connectivity index (χ2v) is 5.50. The van der Waals surface area contributed by atoms with Crippen LogP contribution in [0.25, 0.3) is 11.3 Å². The van der Waals surface area contributed by atoms with Gasteiger partial charge in [0.2, 0.25) is 5.89 Å². The van der Waals surface area contributed by atoms with Crippen molar-refractivity contribution in [1.82, 2.24) is 25.7 Å². The van der Waals surface area contributed by atoms with Crippen molar-refractivity contribution in [3.8, 4) is 17.0 Å². The van der Waals surface area contributed by atoms with Crippen molar-refractivity contribution < 1.29 is 14.1 Å². The molecule has 8 heteroatoms. The topological polar surface area (TPSA) is 106 Å². The van der Waals surface area contributed by atoms with Crippen LogP contribution in [-0.2, 0) is 0 Å². The Balaban J connectivity index is 1.73. The molecule has 2 aromatic heterocycles. The Labute approximate surface area is 144 Å². The fourth-order valence-corrected chi connectivity index (χ4v) is 2.39. The van der Waals surface area contributed by atoms with Crippen LogP contribution in [0, 0.1) is 6.92 Å². The number of aryl methyl sites for hydroxylation is 1. The lowest BCUT2D eigenvalue weighted by atomic mass is 10.1. The molecule has 0 aliphatic carbocycles. The quantitative estimate of drug-likeness (QED) is 0.714. The predicted octanol–water partition coefficient (Wildman–Crippen LogP) is 2.66. The lowest BCUT2D eigenvalue weighted by Crippen LogP contribution is -2.29. The maximum Gasteiger partial charge on any atom is 0.269 e. The minimum absolute atomic E-state index is 0.276. The van der Waals surface area contributed by atoms with E-state index in [9.17, 15) is 4.79 Å². The molecule has 0 aliphatic rings. The van der Waals surface area contributed by atoms with E-state index in [1.165, 1.54) is 0 Å². The van der Waals surface area contributed by atoms with Gasteiger partial charge in [0.25, 0.3) is 5.91 Å². The first kappa shape index (κ1) is 16.7. The molecule has 0 unspecified atom stereocenters. The molecule has 0 radical (unpaired) electrons. The summed E-state index contributed by atoms with van der Waals surface area (Å²) >= 11 is 0. The largest absolute Gasteiger partial charge is 0.497 e. The summed E-state index contributed by atoms with van der Waals surface area (Å²) in [4.78, 5) is 16.6. The van der Waals surface area contributed by atoms with Gasteiger partial charge in [0.05, 0.1) is 18.8 Å². The molecule has 8 nitrogen and oxygen atoms in total. The van der Waals surface area contributed by atoms with Crippen LogP contribution in [0.2, 0.25) is 0 Å². The molecule has 2 heterocycles. The summed E-state index contributed by atoms with van der Waals surface area (Å²) < 4.78 is 10.1. The summed E-state index contributed by atoms with van der Waals surface area (Å²) in [5.74, 6) is 1.41. The third-order valence-corrected chi connectivity index (χ3v) is 3.78. The van der Waals surface area contributed by atoms with E-state index in [2.05, 4.69) is 25.7 Å². The van der Waals surface area contributed by atoms with Gasteiger partial charge in [-0.2, -0.15) is 10.1 Å². The van der Waals surface area contributed by atoms with Crippen LogP contribution >= 0.6 is 0 Å². The van der Waals surface area contributed by atoms with Gasteiger partial charge in [0.15, 0.2) is 5.82 Å². The van der Waals surface area contributed by atoms with E-state index in [0.717, 1.165) is 11.3 Å². The zero-order chi connectivity index (χ0) is 17.8. The number of aromatic amines is 1. The van der Waals surface area contributed by atoms with E-state index >= 15 is 0 Å². The third-order valence-electron chi connectivity index (χ3n) is 3.78. The smallest absolute Gasteiger partial charge is 0.269 e. The Morgan fingerprint density at radius 1 is 1.36 bits per heavy atom. The molecule has 0 saturated heterocycles. The molecule has 130 valence electrons. The maximum absolute atomic E-state index is 12.5. The van der Waals surface area contributed by atoms with E-state index in [4.69, 9.17) is 9.26 Å². The van der Waals surface area contributed by atoms with Crippen LogP contribution < -0.4 is 10.1 Å². The number of nitrogens with zero attached hydrogens (tertiary/aromatic N) is 3. The third kappa shape index (κ3) is 3.68. The van der Waals surface area contributed by atoms with Crippen molar-refractivity contribution in [2.45, 2.75) is 26.3 Å². The summed E-state index contributed by atoms with van der Waals surface area (Å²) in [6.45, 7) is 3.65. The molecule has 25 heavy (non-hydrogen) atoms. The van der Waals surface area contributed by atoms with Crippen molar-refractivity contribution >= 4 is 5.91 Å². The Hall–Kier alpha value is -3.16. The Morgan fingerprint density at radius 3 is 2.72 bits per heavy atom. The number of hydrogen-bond donors (Lipinski definition) is 2. The average Bonchev–Trinajstić information content (AvgIpc) is 3.29. The van der Waals surface area contributed by atoms with Crippen LogP contribution in [-0.4, -0.2) is 33.4 Å². The molecule has 1 aromatic carbocycles. The number of aromatic nitrogens is 4. The first-order valence-electron chi connectivity index (χ1n) is 7.91. The number of benzene rings is 1. The highest BCUT2D eigenvalue weighted by Gasteiger charge is 2.20. The first-order chi connectivity index (χ1) is 12.1. The number of carbonyl (C=O) groups is 1. The Kier molecular flexibility index (Phi) is 4.78. The molecule has 0 aliphatic heterocycles. The Morgan fingerprint density at radius 2 is 2.12 bits per heavy atom. The molecule has 0 bridgehead atoms. The monoisotopic (exact) mass is 341 g/mol. The molecular formula is C17H19N5O3. The number of H-pyrrole nitrogens is 1. The van der Waals surface area contributed by atoms with Crippen molar-refractivity contribution in [1.29, 1.82) is 0 Å². The molecule has 0 saturated carbocycles. The van der Waals surface area contributed by atoms with Gasteiger partial charge in [0, 0.05) is 12.5 Å². The van der Waals surface area contributed by atoms with Crippen molar-refractivity contribution in [2.24, 2.45) is 0 Å². The number of nitrogens with one attached hydrogen (secondary N) is 2. The lowest BCUT2D eigenvalue weighted by Gasteiger charge is -2.11. The number of hydrogen-bond acceptors (Lipinski definition) is 6. The van der Waals surface area contributed by atoms with Gasteiger partial charge >= 0.3 is 0 Å². The predicted molar refractivity (Wildman–Crippen MR) is 90.1 cm³/mol. The van der Waals surface area contributed by atoms with Crippen LogP contribution in [0.3, 0.4) is 0 Å². The first-order valence-corrected chi connectivity index (χ1v) is 7.91. The van der Waals surface area contributed by atoms with Gasteiger partial charge in [0.1, 0.15) is 11.4 Å². The van der Waals surface area contributed by atoms with E-state index in [1.807, 2.05) is 31.2 Å². The van der Waals surface area contributed by atoms with E-state index < -0.39 is 0 Å². The van der Waals surface area contributed by atoms with Crippen molar-refractivity contribution in [3.05, 3.63) is 47.7 Å². The number of methoxy groups -OCH3 is 1. The SMILES string of the molecule is CC[C@@H](NC(=O)c1cc(-c2ccc(OC)cc2)n[nH]1)c1noc(C)n1. The number of carbonyl (C=O) groups excluding carboxylic acids is 1. The maximum atomic E-state index is 12.5. The van der Waals surface area contributed by atoms with Crippen LogP contribution in [0.15, 0.2) is 34.9 Å². The standard InChI is InChI=1S/C17H19N5O3/c1-4-13(16-18-10(2)25-22-16)19-17(23)15-9-14(20-21-15)11-5-7-12(24-3)8-6-11/h5-9,13H,4H2,1-3H3,(H,19,23)(H,20,21)/t13-/m1/s1. The highest BCUT2D eigenvalue weighted by Crippen LogP contribution is 2.21. The fourth-order valence-electron chi connectivity index (χ4n) is 2.39. The summed E-state index contributed by atoms with van der Waals surface area (Å²) in [5.41, 5.74) is 1.93. The molecule has 3 rings (SSSR count). The normalized spacial score (nSPS) is 12.0. The molecule has 1 amide bonds. The number of amides is 1. The summed E-state index contributed by atoms with van der Waals surface area (Å²) in [5, 5.41) is 13.7. The van der Waals surface area contributed by atoms with Crippen LogP contribution in [0.5, 0.6) is 5.75 Å². The molecular weight excluding hydrogens is 322 g/mol. The molecule has 2 N–H and O–H groups in total. The van der Waals surface area contributed by atoms with Gasteiger partial charge < -0.3 is 14.6 Å². The lowest BCUT2D eigenvalue weighted by molar-refractivity contribution is 0.0928. The second-order valence-electron chi connectivity index (χ2n) is 5.50. The minimum atomic E-state index is -0.322. The zero-order valence-corrected chi connectivity index (χ0v) is 14.2. The fraction of sp³-hybridized carbons (Fsp3) is 0.294. The average molecular weight is 341 g/mol. The molecule has 0 spiro atoms. The van der Waals surface area contributed by atoms with Gasteiger partial charge in [-0.1, -0.05) is 12.1 Å². The molecule has 1 atom stereocenters. The highest BCUT2D eigenvalue weighted by molar-refractivity contribution is 5.93. The van der Waals surface area contributed by atoms with Gasteiger partial charge in [-0.25, -0.2) is 0 Å². The molecule has 3 aromatic rings. The Bertz CT molecular complexity index is 853. The van der Waals surface area contributed by atoms with Gasteiger partial charge in [-0.15, -0.1) is 0 Å². The van der Waals surface area contributed by atoms with Gasteiger partial charge in [-0.05, 0) is 36.8 Å². The van der Waals surface area contributed by atoms with E-state index in [0.29, 0.717) is 29.5 Å². The summed E-state index contributed by atoms with van der Waals surface area (Å²) in [6, 6.07) is 8.83. The summed E-state index contributed by atoms with van der Waals surface area (Å²) in [6.07, 6.45) is 0.643. The van der Waals surface area contributed by atoms with Crippen LogP contribution in [0.1, 0.15) is 41.6 Å².